The molecule has 4 rings (SSSR count). The maximum absolute atomic E-state index is 12.9. The molecule has 1 amide bonds. The van der Waals surface area contributed by atoms with E-state index in [0.29, 0.717) is 32.5 Å². The number of hydrogen-bond donors (Lipinski definition) is 0. The Bertz CT molecular complexity index is 1100. The summed E-state index contributed by atoms with van der Waals surface area (Å²) >= 11 is 0. The molecule has 1 saturated heterocycles. The fourth-order valence-corrected chi connectivity index (χ4v) is 4.38. The van der Waals surface area contributed by atoms with Crippen LogP contribution < -0.4 is 0 Å². The number of rotatable bonds is 5. The molecular weight excluding hydrogens is 380 g/mol. The van der Waals surface area contributed by atoms with Gasteiger partial charge in [-0.15, -0.1) is 0 Å². The van der Waals surface area contributed by atoms with Crippen molar-refractivity contribution in [2.75, 3.05) is 19.7 Å². The van der Waals surface area contributed by atoms with Crippen LogP contribution >= 0.6 is 0 Å². The molecule has 0 N–H and O–H groups in total. The van der Waals surface area contributed by atoms with E-state index in [1.54, 1.807) is 0 Å². The molecule has 3 heterocycles. The number of carbonyl (C=O) groups is 2. The SMILES string of the molecule is CCOC(=O)C1CCCN(C(=O)CCc2c(C)nc3c4ccccc4nn3c2C)C1. The molecule has 1 fully saturated rings. The molecule has 0 spiro atoms. The molecule has 3 aromatic rings. The second kappa shape index (κ2) is 8.42. The van der Waals surface area contributed by atoms with Gasteiger partial charge in [0.2, 0.25) is 5.91 Å². The van der Waals surface area contributed by atoms with Crippen LogP contribution in [0, 0.1) is 19.8 Å². The minimum atomic E-state index is -0.208. The molecule has 0 radical (unpaired) electrons. The second-order valence-corrected chi connectivity index (χ2v) is 7.94. The van der Waals surface area contributed by atoms with E-state index in [0.717, 1.165) is 46.3 Å². The molecule has 1 unspecified atom stereocenters. The molecule has 2 aromatic heterocycles. The van der Waals surface area contributed by atoms with Gasteiger partial charge in [-0.3, -0.25) is 9.59 Å². The van der Waals surface area contributed by atoms with E-state index in [9.17, 15) is 9.59 Å². The van der Waals surface area contributed by atoms with Crippen molar-refractivity contribution in [3.8, 4) is 0 Å². The Morgan fingerprint density at radius 2 is 2.03 bits per heavy atom. The highest BCUT2D eigenvalue weighted by molar-refractivity contribution is 5.92. The second-order valence-electron chi connectivity index (χ2n) is 7.94. The van der Waals surface area contributed by atoms with Crippen LogP contribution in [0.1, 0.15) is 43.1 Å². The standard InChI is InChI=1S/C23H28N4O3/c1-4-30-23(29)17-8-7-13-26(14-17)21(28)12-11-18-15(2)24-22-19-9-5-6-10-20(19)25-27(22)16(18)3/h5-6,9-10,17H,4,7-8,11-14H2,1-3H3. The number of fused-ring (bicyclic) bond motifs is 3. The summed E-state index contributed by atoms with van der Waals surface area (Å²) < 4.78 is 7.03. The lowest BCUT2D eigenvalue weighted by molar-refractivity contribution is -0.151. The number of aryl methyl sites for hydroxylation is 2. The summed E-state index contributed by atoms with van der Waals surface area (Å²) in [5.74, 6) is -0.323. The number of hydrogen-bond acceptors (Lipinski definition) is 5. The minimum absolute atomic E-state index is 0.0773. The Morgan fingerprint density at radius 3 is 2.83 bits per heavy atom. The number of carbonyl (C=O) groups excluding carboxylic acids is 2. The number of amides is 1. The van der Waals surface area contributed by atoms with Gasteiger partial charge >= 0.3 is 5.97 Å². The van der Waals surface area contributed by atoms with E-state index in [4.69, 9.17) is 9.72 Å². The number of esters is 1. The van der Waals surface area contributed by atoms with Gasteiger partial charge in [0.1, 0.15) is 0 Å². The summed E-state index contributed by atoms with van der Waals surface area (Å²) in [5, 5.41) is 5.72. The maximum atomic E-state index is 12.9. The molecule has 0 saturated carbocycles. The number of likely N-dealkylation sites (tertiary alicyclic amines) is 1. The number of ether oxygens (including phenoxy) is 1. The molecule has 1 aliphatic heterocycles. The fraction of sp³-hybridized carbons (Fsp3) is 0.478. The van der Waals surface area contributed by atoms with Gasteiger partial charge in [0.25, 0.3) is 0 Å². The van der Waals surface area contributed by atoms with Gasteiger partial charge in [-0.2, -0.15) is 5.10 Å². The zero-order valence-corrected chi connectivity index (χ0v) is 17.9. The molecular formula is C23H28N4O3. The zero-order valence-electron chi connectivity index (χ0n) is 17.9. The summed E-state index contributed by atoms with van der Waals surface area (Å²) in [7, 11) is 0. The van der Waals surface area contributed by atoms with Crippen LogP contribution in [-0.2, 0) is 20.7 Å². The van der Waals surface area contributed by atoms with E-state index in [-0.39, 0.29) is 17.8 Å². The Labute approximate surface area is 176 Å². The van der Waals surface area contributed by atoms with Crippen molar-refractivity contribution < 1.29 is 14.3 Å². The Morgan fingerprint density at radius 1 is 1.23 bits per heavy atom. The Hall–Kier alpha value is -2.96. The minimum Gasteiger partial charge on any atom is -0.466 e. The third-order valence-electron chi connectivity index (χ3n) is 6.00. The van der Waals surface area contributed by atoms with E-state index in [1.165, 1.54) is 0 Å². The number of aromatic nitrogens is 3. The first kappa shape index (κ1) is 20.3. The number of nitrogens with zero attached hydrogens (tertiary/aromatic N) is 4. The van der Waals surface area contributed by atoms with Crippen LogP contribution in [0.25, 0.3) is 16.6 Å². The molecule has 0 bridgehead atoms. The van der Waals surface area contributed by atoms with E-state index < -0.39 is 0 Å². The van der Waals surface area contributed by atoms with E-state index >= 15 is 0 Å². The molecule has 30 heavy (non-hydrogen) atoms. The average Bonchev–Trinajstić information content (AvgIpc) is 3.12. The summed E-state index contributed by atoms with van der Waals surface area (Å²) in [6, 6.07) is 7.98. The van der Waals surface area contributed by atoms with Crippen LogP contribution in [0.4, 0.5) is 0 Å². The fourth-order valence-electron chi connectivity index (χ4n) is 4.38. The molecule has 158 valence electrons. The van der Waals surface area contributed by atoms with Crippen LogP contribution in [0.2, 0.25) is 0 Å². The van der Waals surface area contributed by atoms with Gasteiger partial charge in [-0.1, -0.05) is 12.1 Å². The number of benzene rings is 1. The first-order valence-corrected chi connectivity index (χ1v) is 10.7. The number of piperidine rings is 1. The summed E-state index contributed by atoms with van der Waals surface area (Å²) in [5.41, 5.74) is 4.77. The van der Waals surface area contributed by atoms with Crippen LogP contribution in [-0.4, -0.2) is 51.1 Å². The average molecular weight is 409 g/mol. The first-order valence-electron chi connectivity index (χ1n) is 10.7. The normalized spacial score (nSPS) is 16.9. The summed E-state index contributed by atoms with van der Waals surface area (Å²) in [6.07, 6.45) is 2.62. The summed E-state index contributed by atoms with van der Waals surface area (Å²) in [4.78, 5) is 31.5. The van der Waals surface area contributed by atoms with Crippen molar-refractivity contribution in [1.29, 1.82) is 0 Å². The first-order chi connectivity index (χ1) is 14.5. The maximum Gasteiger partial charge on any atom is 0.310 e. The Balaban J connectivity index is 1.50. The predicted octanol–water partition coefficient (Wildman–Crippen LogP) is 3.23. The van der Waals surface area contributed by atoms with Gasteiger partial charge in [0.15, 0.2) is 5.65 Å². The molecule has 7 nitrogen and oxygen atoms in total. The van der Waals surface area contributed by atoms with Crippen molar-refractivity contribution >= 4 is 28.4 Å². The van der Waals surface area contributed by atoms with Crippen LogP contribution in [0.15, 0.2) is 24.3 Å². The molecule has 0 aliphatic carbocycles. The van der Waals surface area contributed by atoms with Crippen molar-refractivity contribution in [3.63, 3.8) is 0 Å². The lowest BCUT2D eigenvalue weighted by Crippen LogP contribution is -2.42. The monoisotopic (exact) mass is 408 g/mol. The largest absolute Gasteiger partial charge is 0.466 e. The van der Waals surface area contributed by atoms with Gasteiger partial charge in [0.05, 0.1) is 18.0 Å². The smallest absolute Gasteiger partial charge is 0.310 e. The Kier molecular flexibility index (Phi) is 5.70. The van der Waals surface area contributed by atoms with Gasteiger partial charge in [0, 0.05) is 36.3 Å². The van der Waals surface area contributed by atoms with Crippen LogP contribution in [0.3, 0.4) is 0 Å². The lowest BCUT2D eigenvalue weighted by Gasteiger charge is -2.31. The van der Waals surface area contributed by atoms with Crippen LogP contribution in [0.5, 0.6) is 0 Å². The lowest BCUT2D eigenvalue weighted by atomic mass is 9.97. The van der Waals surface area contributed by atoms with Gasteiger partial charge in [-0.25, -0.2) is 9.50 Å². The molecule has 1 atom stereocenters. The molecule has 7 heteroatoms. The molecule has 1 aliphatic rings. The highest BCUT2D eigenvalue weighted by Crippen LogP contribution is 2.24. The van der Waals surface area contributed by atoms with Crippen molar-refractivity contribution in [2.24, 2.45) is 5.92 Å². The predicted molar refractivity (Wildman–Crippen MR) is 114 cm³/mol. The summed E-state index contributed by atoms with van der Waals surface area (Å²) in [6.45, 7) is 7.37. The highest BCUT2D eigenvalue weighted by atomic mass is 16.5. The quantitative estimate of drug-likeness (QED) is 0.606. The zero-order chi connectivity index (χ0) is 21.3. The van der Waals surface area contributed by atoms with E-state index in [1.807, 2.05) is 54.5 Å². The highest BCUT2D eigenvalue weighted by Gasteiger charge is 2.29. The van der Waals surface area contributed by atoms with Crippen molar-refractivity contribution in [2.45, 2.75) is 46.5 Å². The van der Waals surface area contributed by atoms with Gasteiger partial charge < -0.3 is 9.64 Å². The van der Waals surface area contributed by atoms with Crippen molar-refractivity contribution in [1.82, 2.24) is 19.5 Å². The molecule has 1 aromatic carbocycles. The third kappa shape index (κ3) is 3.76. The van der Waals surface area contributed by atoms with Crippen molar-refractivity contribution in [3.05, 3.63) is 41.2 Å². The topological polar surface area (TPSA) is 76.8 Å². The third-order valence-corrected chi connectivity index (χ3v) is 6.00. The van der Waals surface area contributed by atoms with Gasteiger partial charge in [-0.05, 0) is 57.7 Å². The van der Waals surface area contributed by atoms with E-state index in [2.05, 4.69) is 5.10 Å².